The largest absolute Gasteiger partial charge is 0.477 e. The number of benzene rings is 2. The van der Waals surface area contributed by atoms with E-state index >= 15 is 0 Å². The van der Waals surface area contributed by atoms with Crippen molar-refractivity contribution in [3.05, 3.63) is 83.2 Å². The van der Waals surface area contributed by atoms with E-state index in [1.54, 1.807) is 11.3 Å². The first-order valence-corrected chi connectivity index (χ1v) is 11.9. The molecule has 0 fully saturated rings. The summed E-state index contributed by atoms with van der Waals surface area (Å²) in [6, 6.07) is 21.2. The molecule has 0 aliphatic carbocycles. The minimum absolute atomic E-state index is 0.180. The molecule has 2 aromatic carbocycles. The van der Waals surface area contributed by atoms with Crippen LogP contribution in [0, 0.1) is 0 Å². The van der Waals surface area contributed by atoms with Crippen molar-refractivity contribution in [3.8, 4) is 27.9 Å². The highest BCUT2D eigenvalue weighted by atomic mass is 32.2. The van der Waals surface area contributed by atoms with Crippen LogP contribution in [0.4, 0.5) is 0 Å². The van der Waals surface area contributed by atoms with E-state index in [2.05, 4.69) is 15.2 Å². The summed E-state index contributed by atoms with van der Waals surface area (Å²) in [6.45, 7) is 0. The topological polar surface area (TPSA) is 90.1 Å². The standard InChI is InChI=1S/C22H14N4O3S3/c27-20(28)18-13-23-22(31-18)32-21-25-24-19(17-7-4-12-30-17)26(21)14-8-10-16(11-9-14)29-15-5-2-1-3-6-15/h1-13H,(H,27,28). The summed E-state index contributed by atoms with van der Waals surface area (Å²) < 4.78 is 8.41. The number of nitrogens with zero attached hydrogens (tertiary/aromatic N) is 4. The Hall–Kier alpha value is -3.47. The second-order valence-corrected chi connectivity index (χ2v) is 9.62. The average Bonchev–Trinajstić information content (AvgIpc) is 3.56. The van der Waals surface area contributed by atoms with Crippen molar-refractivity contribution in [1.82, 2.24) is 19.7 Å². The molecule has 5 rings (SSSR count). The summed E-state index contributed by atoms with van der Waals surface area (Å²) in [7, 11) is 0. The molecule has 158 valence electrons. The van der Waals surface area contributed by atoms with Crippen LogP contribution in [0.5, 0.6) is 11.5 Å². The molecule has 0 saturated carbocycles. The van der Waals surface area contributed by atoms with Gasteiger partial charge in [0.1, 0.15) is 16.4 Å². The molecule has 1 N–H and O–H groups in total. The van der Waals surface area contributed by atoms with Crippen LogP contribution in [0.2, 0.25) is 0 Å². The minimum Gasteiger partial charge on any atom is -0.477 e. The molecule has 0 bridgehead atoms. The quantitative estimate of drug-likeness (QED) is 0.302. The lowest BCUT2D eigenvalue weighted by molar-refractivity contribution is 0.0702. The zero-order valence-corrected chi connectivity index (χ0v) is 18.7. The van der Waals surface area contributed by atoms with Gasteiger partial charge in [-0.1, -0.05) is 24.3 Å². The highest BCUT2D eigenvalue weighted by Gasteiger charge is 2.19. The molecule has 5 aromatic rings. The molecule has 0 spiro atoms. The van der Waals surface area contributed by atoms with Gasteiger partial charge in [0.05, 0.1) is 16.8 Å². The molecule has 3 aromatic heterocycles. The fourth-order valence-corrected chi connectivity index (χ4v) is 5.38. The van der Waals surface area contributed by atoms with Gasteiger partial charge in [0.2, 0.25) is 5.16 Å². The number of hydrogen-bond donors (Lipinski definition) is 1. The first-order valence-electron chi connectivity index (χ1n) is 9.37. The zero-order valence-electron chi connectivity index (χ0n) is 16.3. The van der Waals surface area contributed by atoms with Crippen LogP contribution < -0.4 is 4.74 Å². The number of aromatic nitrogens is 4. The molecule has 0 aliphatic rings. The number of carbonyl (C=O) groups is 1. The molecule has 0 atom stereocenters. The smallest absolute Gasteiger partial charge is 0.347 e. The summed E-state index contributed by atoms with van der Waals surface area (Å²) in [5.41, 5.74) is 0.858. The normalized spacial score (nSPS) is 10.9. The Kier molecular flexibility index (Phi) is 5.71. The minimum atomic E-state index is -0.996. The van der Waals surface area contributed by atoms with E-state index in [0.717, 1.165) is 27.7 Å². The van der Waals surface area contributed by atoms with Gasteiger partial charge in [0.15, 0.2) is 10.2 Å². The summed E-state index contributed by atoms with van der Waals surface area (Å²) in [5, 5.41) is 20.5. The van der Waals surface area contributed by atoms with Gasteiger partial charge in [0, 0.05) is 0 Å². The van der Waals surface area contributed by atoms with Gasteiger partial charge < -0.3 is 9.84 Å². The fraction of sp³-hybridized carbons (Fsp3) is 0. The summed E-state index contributed by atoms with van der Waals surface area (Å²) in [6.07, 6.45) is 1.35. The number of thiophene rings is 1. The molecule has 0 unspecified atom stereocenters. The highest BCUT2D eigenvalue weighted by Crippen LogP contribution is 2.36. The van der Waals surface area contributed by atoms with Crippen LogP contribution in [0.25, 0.3) is 16.4 Å². The second kappa shape index (κ2) is 8.95. The lowest BCUT2D eigenvalue weighted by atomic mass is 10.3. The van der Waals surface area contributed by atoms with Gasteiger partial charge in [-0.25, -0.2) is 9.78 Å². The molecule has 0 aliphatic heterocycles. The molecule has 0 saturated heterocycles. The Balaban J connectivity index is 1.49. The van der Waals surface area contributed by atoms with Crippen molar-refractivity contribution >= 4 is 40.4 Å². The third kappa shape index (κ3) is 4.28. The van der Waals surface area contributed by atoms with Crippen molar-refractivity contribution < 1.29 is 14.6 Å². The van der Waals surface area contributed by atoms with E-state index in [1.807, 2.05) is 76.7 Å². The summed E-state index contributed by atoms with van der Waals surface area (Å²) in [5.74, 6) is 1.18. The Morgan fingerprint density at radius 1 is 0.969 bits per heavy atom. The van der Waals surface area contributed by atoms with Crippen molar-refractivity contribution in [1.29, 1.82) is 0 Å². The Bertz CT molecular complexity index is 1350. The predicted molar refractivity (Wildman–Crippen MR) is 124 cm³/mol. The van der Waals surface area contributed by atoms with Crippen LogP contribution in [0.15, 0.2) is 87.8 Å². The maximum atomic E-state index is 11.2. The highest BCUT2D eigenvalue weighted by molar-refractivity contribution is 8.00. The molecular formula is C22H14N4O3S3. The summed E-state index contributed by atoms with van der Waals surface area (Å²) >= 11 is 3.95. The van der Waals surface area contributed by atoms with Crippen molar-refractivity contribution in [3.63, 3.8) is 0 Å². The number of carboxylic acid groups (broad SMARTS) is 1. The fourth-order valence-electron chi connectivity index (χ4n) is 2.90. The van der Waals surface area contributed by atoms with E-state index in [9.17, 15) is 9.90 Å². The predicted octanol–water partition coefficient (Wildman–Crippen LogP) is 6.09. The third-order valence-electron chi connectivity index (χ3n) is 4.32. The van der Waals surface area contributed by atoms with Crippen molar-refractivity contribution in [2.75, 3.05) is 0 Å². The second-order valence-electron chi connectivity index (χ2n) is 6.43. The lowest BCUT2D eigenvalue weighted by Crippen LogP contribution is -1.98. The molecule has 10 heteroatoms. The molecule has 3 heterocycles. The van der Waals surface area contributed by atoms with E-state index < -0.39 is 5.97 Å². The van der Waals surface area contributed by atoms with Crippen molar-refractivity contribution in [2.45, 2.75) is 9.50 Å². The SMILES string of the molecule is O=C(O)c1cnc(Sc2nnc(-c3cccs3)n2-c2ccc(Oc3ccccc3)cc2)s1. The molecule has 0 amide bonds. The average molecular weight is 479 g/mol. The first kappa shape index (κ1) is 20.4. The van der Waals surface area contributed by atoms with E-state index in [4.69, 9.17) is 4.74 Å². The van der Waals surface area contributed by atoms with Crippen molar-refractivity contribution in [2.24, 2.45) is 0 Å². The Morgan fingerprint density at radius 2 is 1.75 bits per heavy atom. The van der Waals surface area contributed by atoms with E-state index in [0.29, 0.717) is 21.1 Å². The van der Waals surface area contributed by atoms with Gasteiger partial charge in [-0.15, -0.1) is 32.9 Å². The Morgan fingerprint density at radius 3 is 2.44 bits per heavy atom. The van der Waals surface area contributed by atoms with Gasteiger partial charge >= 0.3 is 5.97 Å². The van der Waals surface area contributed by atoms with E-state index in [-0.39, 0.29) is 4.88 Å². The number of carboxylic acids is 1. The number of para-hydroxylation sites is 1. The van der Waals surface area contributed by atoms with Crippen LogP contribution in [-0.4, -0.2) is 30.8 Å². The maximum absolute atomic E-state index is 11.2. The number of thiazole rings is 1. The van der Waals surface area contributed by atoms with Gasteiger partial charge in [-0.05, 0) is 59.6 Å². The van der Waals surface area contributed by atoms with Gasteiger partial charge in [-0.2, -0.15) is 0 Å². The van der Waals surface area contributed by atoms with Gasteiger partial charge in [-0.3, -0.25) is 4.57 Å². The third-order valence-corrected chi connectivity index (χ3v) is 7.20. The van der Waals surface area contributed by atoms with Crippen LogP contribution in [0.3, 0.4) is 0 Å². The van der Waals surface area contributed by atoms with Crippen LogP contribution in [0.1, 0.15) is 9.67 Å². The first-order chi connectivity index (χ1) is 15.7. The number of rotatable bonds is 7. The molecular weight excluding hydrogens is 464 g/mol. The molecule has 0 radical (unpaired) electrons. The van der Waals surface area contributed by atoms with Crippen LogP contribution in [-0.2, 0) is 0 Å². The zero-order chi connectivity index (χ0) is 21.9. The van der Waals surface area contributed by atoms with E-state index in [1.165, 1.54) is 18.0 Å². The number of aromatic carboxylic acids is 1. The monoisotopic (exact) mass is 478 g/mol. The van der Waals surface area contributed by atoms with Crippen LogP contribution >= 0.6 is 34.4 Å². The number of ether oxygens (including phenoxy) is 1. The van der Waals surface area contributed by atoms with Gasteiger partial charge in [0.25, 0.3) is 0 Å². The molecule has 7 nitrogen and oxygen atoms in total. The molecule has 32 heavy (non-hydrogen) atoms. The summed E-state index contributed by atoms with van der Waals surface area (Å²) in [4.78, 5) is 16.5. The maximum Gasteiger partial charge on any atom is 0.347 e. The Labute approximate surface area is 195 Å². The number of hydrogen-bond acceptors (Lipinski definition) is 8. The lowest BCUT2D eigenvalue weighted by Gasteiger charge is -2.10.